The molecule has 0 radical (unpaired) electrons. The molecule has 1 atom stereocenters. The molecule has 1 unspecified atom stereocenters. The Kier molecular flexibility index (Phi) is 2.70. The van der Waals surface area contributed by atoms with Crippen molar-refractivity contribution in [3.63, 3.8) is 0 Å². The Morgan fingerprint density at radius 3 is 3.06 bits per heavy atom. The molecule has 0 amide bonds. The van der Waals surface area contributed by atoms with Crippen LogP contribution in [0.25, 0.3) is 0 Å². The lowest BCUT2D eigenvalue weighted by molar-refractivity contribution is 0.0695. The number of methoxy groups -OCH3 is 1. The van der Waals surface area contributed by atoms with E-state index in [9.17, 15) is 4.79 Å². The van der Waals surface area contributed by atoms with Crippen LogP contribution in [0.2, 0.25) is 0 Å². The van der Waals surface area contributed by atoms with Crippen molar-refractivity contribution in [2.45, 2.75) is 12.5 Å². The summed E-state index contributed by atoms with van der Waals surface area (Å²) in [6.07, 6.45) is 0.373. The van der Waals surface area contributed by atoms with Crippen LogP contribution in [0.1, 0.15) is 15.9 Å². The van der Waals surface area contributed by atoms with Gasteiger partial charge in [0.2, 0.25) is 0 Å². The molecule has 1 aromatic carbocycles. The molecule has 5 nitrogen and oxygen atoms in total. The maximum atomic E-state index is 11.0. The van der Waals surface area contributed by atoms with E-state index in [2.05, 4.69) is 0 Å². The number of benzene rings is 1. The van der Waals surface area contributed by atoms with Crippen LogP contribution in [0.5, 0.6) is 5.75 Å². The van der Waals surface area contributed by atoms with Gasteiger partial charge in [0.25, 0.3) is 0 Å². The Hall–Kier alpha value is -1.75. The lowest BCUT2D eigenvalue weighted by Gasteiger charge is -2.09. The molecule has 86 valence electrons. The Bertz CT molecular complexity index is 430. The zero-order valence-electron chi connectivity index (χ0n) is 8.90. The van der Waals surface area contributed by atoms with E-state index in [1.165, 1.54) is 6.07 Å². The number of nitrogen functional groups attached to an aromatic ring is 1. The van der Waals surface area contributed by atoms with Crippen LogP contribution in [-0.4, -0.2) is 30.9 Å². The van der Waals surface area contributed by atoms with Gasteiger partial charge in [-0.2, -0.15) is 0 Å². The first-order valence-corrected chi connectivity index (χ1v) is 4.93. The molecule has 0 spiro atoms. The fraction of sp³-hybridized carbons (Fsp3) is 0.364. The molecule has 0 saturated carbocycles. The molecular formula is C11H13NO4. The minimum absolute atomic E-state index is 0.150. The molecule has 1 heterocycles. The molecular weight excluding hydrogens is 210 g/mol. The number of aromatic carboxylic acids is 1. The molecule has 2 rings (SSSR count). The highest BCUT2D eigenvalue weighted by Gasteiger charge is 2.29. The van der Waals surface area contributed by atoms with Gasteiger partial charge in [0, 0.05) is 19.1 Å². The zero-order chi connectivity index (χ0) is 11.7. The summed E-state index contributed by atoms with van der Waals surface area (Å²) in [5, 5.41) is 9.03. The molecule has 0 saturated heterocycles. The first-order chi connectivity index (χ1) is 7.63. The Labute approximate surface area is 92.8 Å². The van der Waals surface area contributed by atoms with Crippen molar-refractivity contribution in [2.24, 2.45) is 0 Å². The van der Waals surface area contributed by atoms with Gasteiger partial charge in [-0.05, 0) is 12.1 Å². The SMILES string of the molecule is COCC1Cc2c(C(=O)O)ccc(N)c2O1. The van der Waals surface area contributed by atoms with Crippen LogP contribution < -0.4 is 10.5 Å². The van der Waals surface area contributed by atoms with E-state index < -0.39 is 5.97 Å². The molecule has 0 aliphatic carbocycles. The van der Waals surface area contributed by atoms with Crippen molar-refractivity contribution >= 4 is 11.7 Å². The van der Waals surface area contributed by atoms with Gasteiger partial charge >= 0.3 is 5.97 Å². The molecule has 5 heteroatoms. The van der Waals surface area contributed by atoms with Crippen molar-refractivity contribution in [3.05, 3.63) is 23.3 Å². The maximum absolute atomic E-state index is 11.0. The summed E-state index contributed by atoms with van der Waals surface area (Å²) < 4.78 is 10.5. The monoisotopic (exact) mass is 223 g/mol. The second-order valence-corrected chi connectivity index (χ2v) is 3.71. The summed E-state index contributed by atoms with van der Waals surface area (Å²) in [6.45, 7) is 0.424. The third kappa shape index (κ3) is 1.69. The van der Waals surface area contributed by atoms with E-state index in [0.29, 0.717) is 30.0 Å². The highest BCUT2D eigenvalue weighted by atomic mass is 16.5. The summed E-state index contributed by atoms with van der Waals surface area (Å²) in [5.41, 5.74) is 7.13. The summed E-state index contributed by atoms with van der Waals surface area (Å²) >= 11 is 0. The molecule has 0 fully saturated rings. The Balaban J connectivity index is 2.38. The highest BCUT2D eigenvalue weighted by Crippen LogP contribution is 2.36. The molecule has 0 aromatic heterocycles. The van der Waals surface area contributed by atoms with E-state index in [-0.39, 0.29) is 11.7 Å². The standard InChI is InChI=1S/C11H13NO4/c1-15-5-6-4-8-7(11(13)14)2-3-9(12)10(8)16-6/h2-3,6H,4-5,12H2,1H3,(H,13,14). The van der Waals surface area contributed by atoms with Crippen LogP contribution in [0.3, 0.4) is 0 Å². The number of fused-ring (bicyclic) bond motifs is 1. The third-order valence-corrected chi connectivity index (χ3v) is 2.59. The van der Waals surface area contributed by atoms with Crippen molar-refractivity contribution in [1.82, 2.24) is 0 Å². The van der Waals surface area contributed by atoms with Crippen molar-refractivity contribution in [2.75, 3.05) is 19.5 Å². The van der Waals surface area contributed by atoms with Gasteiger partial charge in [-0.1, -0.05) is 0 Å². The van der Waals surface area contributed by atoms with Crippen LogP contribution in [0, 0.1) is 0 Å². The number of anilines is 1. The first kappa shape index (κ1) is 10.8. The first-order valence-electron chi connectivity index (χ1n) is 4.93. The number of ether oxygens (including phenoxy) is 2. The second-order valence-electron chi connectivity index (χ2n) is 3.71. The number of carboxylic acid groups (broad SMARTS) is 1. The number of hydrogen-bond donors (Lipinski definition) is 2. The van der Waals surface area contributed by atoms with Crippen LogP contribution in [-0.2, 0) is 11.2 Å². The molecule has 0 bridgehead atoms. The average Bonchev–Trinajstić information content (AvgIpc) is 2.62. The zero-order valence-corrected chi connectivity index (χ0v) is 8.90. The van der Waals surface area contributed by atoms with Gasteiger partial charge in [0.1, 0.15) is 11.9 Å². The normalized spacial score (nSPS) is 17.9. The molecule has 1 aliphatic heterocycles. The minimum Gasteiger partial charge on any atom is -0.485 e. The fourth-order valence-corrected chi connectivity index (χ4v) is 1.90. The van der Waals surface area contributed by atoms with Gasteiger partial charge in [-0.25, -0.2) is 4.79 Å². The van der Waals surface area contributed by atoms with E-state index in [0.717, 1.165) is 0 Å². The van der Waals surface area contributed by atoms with E-state index in [1.54, 1.807) is 13.2 Å². The highest BCUT2D eigenvalue weighted by molar-refractivity contribution is 5.91. The summed E-state index contributed by atoms with van der Waals surface area (Å²) in [5.74, 6) is -0.472. The lowest BCUT2D eigenvalue weighted by Crippen LogP contribution is -2.19. The Morgan fingerprint density at radius 2 is 2.44 bits per heavy atom. The predicted molar refractivity (Wildman–Crippen MR) is 57.8 cm³/mol. The molecule has 1 aromatic rings. The quantitative estimate of drug-likeness (QED) is 0.744. The number of rotatable bonds is 3. The van der Waals surface area contributed by atoms with Crippen molar-refractivity contribution < 1.29 is 19.4 Å². The number of hydrogen-bond acceptors (Lipinski definition) is 4. The summed E-state index contributed by atoms with van der Waals surface area (Å²) in [7, 11) is 1.58. The largest absolute Gasteiger partial charge is 0.485 e. The molecule has 16 heavy (non-hydrogen) atoms. The second kappa shape index (κ2) is 4.02. The smallest absolute Gasteiger partial charge is 0.336 e. The van der Waals surface area contributed by atoms with Crippen LogP contribution >= 0.6 is 0 Å². The van der Waals surface area contributed by atoms with E-state index in [4.69, 9.17) is 20.3 Å². The van der Waals surface area contributed by atoms with Gasteiger partial charge in [-0.15, -0.1) is 0 Å². The van der Waals surface area contributed by atoms with Crippen LogP contribution in [0.15, 0.2) is 12.1 Å². The Morgan fingerprint density at radius 1 is 1.69 bits per heavy atom. The van der Waals surface area contributed by atoms with E-state index >= 15 is 0 Å². The van der Waals surface area contributed by atoms with Gasteiger partial charge < -0.3 is 20.3 Å². The number of carbonyl (C=O) groups is 1. The van der Waals surface area contributed by atoms with Gasteiger partial charge in [0.15, 0.2) is 0 Å². The van der Waals surface area contributed by atoms with Gasteiger partial charge in [-0.3, -0.25) is 0 Å². The number of carboxylic acids is 1. The fourth-order valence-electron chi connectivity index (χ4n) is 1.90. The lowest BCUT2D eigenvalue weighted by atomic mass is 10.0. The average molecular weight is 223 g/mol. The van der Waals surface area contributed by atoms with Crippen molar-refractivity contribution in [1.29, 1.82) is 0 Å². The maximum Gasteiger partial charge on any atom is 0.336 e. The van der Waals surface area contributed by atoms with Crippen molar-refractivity contribution in [3.8, 4) is 5.75 Å². The molecule has 1 aliphatic rings. The predicted octanol–water partition coefficient (Wildman–Crippen LogP) is 0.917. The van der Waals surface area contributed by atoms with Gasteiger partial charge in [0.05, 0.1) is 17.9 Å². The summed E-state index contributed by atoms with van der Waals surface area (Å²) in [6, 6.07) is 3.06. The molecule has 3 N–H and O–H groups in total. The summed E-state index contributed by atoms with van der Waals surface area (Å²) in [4.78, 5) is 11.0. The van der Waals surface area contributed by atoms with E-state index in [1.807, 2.05) is 0 Å². The minimum atomic E-state index is -0.960. The number of nitrogens with two attached hydrogens (primary N) is 1. The van der Waals surface area contributed by atoms with Crippen LogP contribution in [0.4, 0.5) is 5.69 Å². The topological polar surface area (TPSA) is 81.8 Å². The third-order valence-electron chi connectivity index (χ3n) is 2.59.